The fourth-order valence-electron chi connectivity index (χ4n) is 2.75. The molecule has 1 fully saturated rings. The molecule has 0 radical (unpaired) electrons. The predicted molar refractivity (Wildman–Crippen MR) is 78.2 cm³/mol. The van der Waals surface area contributed by atoms with Gasteiger partial charge in [-0.15, -0.1) is 0 Å². The molecule has 1 saturated heterocycles. The molecule has 3 rings (SSSR count). The van der Waals surface area contributed by atoms with Crippen molar-refractivity contribution in [2.24, 2.45) is 13.0 Å². The summed E-state index contributed by atoms with van der Waals surface area (Å²) in [5.41, 5.74) is 0. The van der Waals surface area contributed by atoms with Crippen LogP contribution >= 0.6 is 0 Å². The first kappa shape index (κ1) is 14.8. The number of carbonyl (C=O) groups is 1. The molecule has 0 aromatic carbocycles. The molecule has 3 heterocycles. The third-order valence-corrected chi connectivity index (χ3v) is 3.90. The van der Waals surface area contributed by atoms with Gasteiger partial charge in [0.1, 0.15) is 17.7 Å². The molecule has 2 aromatic rings. The molecular formula is C15H20N4O3. The molecule has 0 aliphatic carbocycles. The van der Waals surface area contributed by atoms with Crippen LogP contribution in [0.25, 0.3) is 0 Å². The van der Waals surface area contributed by atoms with E-state index in [-0.39, 0.29) is 23.8 Å². The summed E-state index contributed by atoms with van der Waals surface area (Å²) in [5, 5.41) is 2.88. The van der Waals surface area contributed by atoms with Gasteiger partial charge in [-0.05, 0) is 19.8 Å². The number of ether oxygens (including phenoxy) is 1. The normalized spacial score (nSPS) is 21.7. The molecule has 2 aromatic heterocycles. The van der Waals surface area contributed by atoms with Gasteiger partial charge in [-0.25, -0.2) is 9.97 Å². The van der Waals surface area contributed by atoms with Crippen molar-refractivity contribution in [2.45, 2.75) is 25.9 Å². The lowest BCUT2D eigenvalue weighted by atomic mass is 9.93. The highest BCUT2D eigenvalue weighted by molar-refractivity contribution is 5.89. The lowest BCUT2D eigenvalue weighted by Gasteiger charge is -2.31. The van der Waals surface area contributed by atoms with Gasteiger partial charge in [0, 0.05) is 38.5 Å². The summed E-state index contributed by atoms with van der Waals surface area (Å²) in [6.07, 6.45) is 7.08. The summed E-state index contributed by atoms with van der Waals surface area (Å²) in [4.78, 5) is 20.3. The molecule has 0 bridgehead atoms. The van der Waals surface area contributed by atoms with E-state index >= 15 is 0 Å². The Morgan fingerprint density at radius 3 is 3.05 bits per heavy atom. The zero-order valence-electron chi connectivity index (χ0n) is 12.8. The van der Waals surface area contributed by atoms with Gasteiger partial charge in [0.25, 0.3) is 5.89 Å². The van der Waals surface area contributed by atoms with E-state index in [0.717, 1.165) is 25.3 Å². The molecule has 1 N–H and O–H groups in total. The Morgan fingerprint density at radius 1 is 1.50 bits per heavy atom. The summed E-state index contributed by atoms with van der Waals surface area (Å²) in [6.45, 7) is 2.99. The van der Waals surface area contributed by atoms with Gasteiger partial charge < -0.3 is 19.0 Å². The fourth-order valence-corrected chi connectivity index (χ4v) is 2.75. The maximum Gasteiger partial charge on any atom is 0.307 e. The lowest BCUT2D eigenvalue weighted by molar-refractivity contribution is -0.0338. The van der Waals surface area contributed by atoms with Crippen molar-refractivity contribution in [1.29, 1.82) is 0 Å². The van der Waals surface area contributed by atoms with E-state index in [1.54, 1.807) is 13.1 Å². The van der Waals surface area contributed by atoms with Gasteiger partial charge in [0.2, 0.25) is 0 Å². The van der Waals surface area contributed by atoms with Gasteiger partial charge >= 0.3 is 5.91 Å². The minimum Gasteiger partial charge on any atom is -0.438 e. The van der Waals surface area contributed by atoms with Gasteiger partial charge in [-0.1, -0.05) is 0 Å². The van der Waals surface area contributed by atoms with Gasteiger partial charge in [0.15, 0.2) is 0 Å². The average molecular weight is 304 g/mol. The van der Waals surface area contributed by atoms with Crippen molar-refractivity contribution in [3.63, 3.8) is 0 Å². The molecule has 1 aliphatic rings. The zero-order valence-corrected chi connectivity index (χ0v) is 12.8. The third-order valence-electron chi connectivity index (χ3n) is 3.90. The molecule has 2 atom stereocenters. The van der Waals surface area contributed by atoms with Crippen molar-refractivity contribution < 1.29 is 13.9 Å². The lowest BCUT2D eigenvalue weighted by Crippen LogP contribution is -2.36. The third kappa shape index (κ3) is 3.04. The number of imidazole rings is 1. The van der Waals surface area contributed by atoms with Crippen molar-refractivity contribution in [3.8, 4) is 0 Å². The molecular weight excluding hydrogens is 284 g/mol. The number of oxazole rings is 1. The van der Waals surface area contributed by atoms with E-state index in [1.165, 1.54) is 6.20 Å². The van der Waals surface area contributed by atoms with E-state index in [0.29, 0.717) is 12.3 Å². The van der Waals surface area contributed by atoms with Crippen molar-refractivity contribution in [3.05, 3.63) is 36.1 Å². The van der Waals surface area contributed by atoms with Gasteiger partial charge in [-0.3, -0.25) is 4.79 Å². The van der Waals surface area contributed by atoms with Crippen LogP contribution in [0.1, 0.15) is 41.2 Å². The van der Waals surface area contributed by atoms with Crippen LogP contribution in [-0.4, -0.2) is 33.6 Å². The number of aryl methyl sites for hydroxylation is 2. The molecule has 0 saturated carbocycles. The predicted octanol–water partition coefficient (Wildman–Crippen LogP) is 1.61. The quantitative estimate of drug-likeness (QED) is 0.928. The van der Waals surface area contributed by atoms with E-state index in [1.807, 2.05) is 17.8 Å². The summed E-state index contributed by atoms with van der Waals surface area (Å²) in [5.74, 6) is 1.51. The van der Waals surface area contributed by atoms with Crippen LogP contribution in [0.4, 0.5) is 0 Å². The van der Waals surface area contributed by atoms with Crippen molar-refractivity contribution >= 4 is 5.91 Å². The molecule has 1 aliphatic heterocycles. The average Bonchev–Trinajstić information content (AvgIpc) is 3.14. The first-order valence-corrected chi connectivity index (χ1v) is 7.44. The molecule has 1 amide bonds. The van der Waals surface area contributed by atoms with Gasteiger partial charge in [0.05, 0.1) is 6.20 Å². The largest absolute Gasteiger partial charge is 0.438 e. The van der Waals surface area contributed by atoms with Crippen molar-refractivity contribution in [2.75, 3.05) is 13.2 Å². The Labute approximate surface area is 128 Å². The Bertz CT molecular complexity index is 649. The van der Waals surface area contributed by atoms with Crippen LogP contribution in [0.15, 0.2) is 23.0 Å². The van der Waals surface area contributed by atoms with Crippen molar-refractivity contribution in [1.82, 2.24) is 19.9 Å². The maximum absolute atomic E-state index is 12.0. The minimum absolute atomic E-state index is 0.0969. The number of amides is 1. The Balaban J connectivity index is 1.65. The molecule has 22 heavy (non-hydrogen) atoms. The molecule has 118 valence electrons. The van der Waals surface area contributed by atoms with Crippen LogP contribution in [-0.2, 0) is 11.8 Å². The minimum atomic E-state index is -0.294. The highest BCUT2D eigenvalue weighted by Crippen LogP contribution is 2.32. The monoisotopic (exact) mass is 304 g/mol. The highest BCUT2D eigenvalue weighted by atomic mass is 16.5. The Hall–Kier alpha value is -2.15. The first-order valence-electron chi connectivity index (χ1n) is 7.44. The van der Waals surface area contributed by atoms with Gasteiger partial charge in [-0.2, -0.15) is 0 Å². The Kier molecular flexibility index (Phi) is 4.24. The smallest absolute Gasteiger partial charge is 0.307 e. The second-order valence-electron chi connectivity index (χ2n) is 5.58. The number of carbonyl (C=O) groups excluding carboxylic acids is 1. The molecule has 7 nitrogen and oxygen atoms in total. The van der Waals surface area contributed by atoms with Crippen LogP contribution < -0.4 is 5.32 Å². The number of aromatic nitrogens is 3. The molecule has 0 spiro atoms. The van der Waals surface area contributed by atoms with E-state index < -0.39 is 0 Å². The second-order valence-corrected chi connectivity index (χ2v) is 5.58. The molecule has 0 unspecified atom stereocenters. The topological polar surface area (TPSA) is 82.2 Å². The summed E-state index contributed by atoms with van der Waals surface area (Å²) in [7, 11) is 1.95. The summed E-state index contributed by atoms with van der Waals surface area (Å²) < 4.78 is 13.1. The number of rotatable bonds is 4. The SMILES string of the molecule is Cc1cnc(C(=O)NC[C@@H]2CCCO[C@H]2c2nccn2C)o1. The number of nitrogens with zero attached hydrogens (tertiary/aromatic N) is 3. The van der Waals surface area contributed by atoms with Crippen LogP contribution in [0.5, 0.6) is 0 Å². The second kappa shape index (κ2) is 6.31. The maximum atomic E-state index is 12.0. The van der Waals surface area contributed by atoms with Crippen LogP contribution in [0, 0.1) is 12.8 Å². The molecule has 7 heteroatoms. The zero-order chi connectivity index (χ0) is 15.5. The number of hydrogen-bond donors (Lipinski definition) is 1. The van der Waals surface area contributed by atoms with E-state index in [2.05, 4.69) is 15.3 Å². The number of hydrogen-bond acceptors (Lipinski definition) is 5. The van der Waals surface area contributed by atoms with Crippen LogP contribution in [0.2, 0.25) is 0 Å². The standard InChI is InChI=1S/C15H20N4O3/c1-10-8-18-15(22-10)14(20)17-9-11-4-3-7-21-12(11)13-16-5-6-19(13)2/h5-6,8,11-12H,3-4,7,9H2,1-2H3,(H,17,20)/t11-,12+/m0/s1. The Morgan fingerprint density at radius 2 is 2.36 bits per heavy atom. The summed E-state index contributed by atoms with van der Waals surface area (Å²) in [6, 6.07) is 0. The number of nitrogens with one attached hydrogen (secondary N) is 1. The van der Waals surface area contributed by atoms with E-state index in [4.69, 9.17) is 9.15 Å². The van der Waals surface area contributed by atoms with E-state index in [9.17, 15) is 4.79 Å². The fraction of sp³-hybridized carbons (Fsp3) is 0.533. The highest BCUT2D eigenvalue weighted by Gasteiger charge is 2.30. The van der Waals surface area contributed by atoms with Crippen LogP contribution in [0.3, 0.4) is 0 Å². The summed E-state index contributed by atoms with van der Waals surface area (Å²) >= 11 is 0. The first-order chi connectivity index (χ1) is 10.6.